The SMILES string of the molecule is C=CCCOC(=O)[C@H]1[C@H]2C(=O)N([C@H](C)CO)C(C(=O)N(CC=C)CCCC)C23CC(Br)[C@@H]1S3. The van der Waals surface area contributed by atoms with Crippen molar-refractivity contribution in [2.24, 2.45) is 11.8 Å². The number of esters is 1. The lowest BCUT2D eigenvalue weighted by atomic mass is 9.71. The first-order valence-electron chi connectivity index (χ1n) is 11.7. The zero-order valence-electron chi connectivity index (χ0n) is 19.5. The van der Waals surface area contributed by atoms with Crippen LogP contribution in [0, 0.1) is 11.8 Å². The Bertz CT molecular complexity index is 795. The summed E-state index contributed by atoms with van der Waals surface area (Å²) < 4.78 is 4.77. The van der Waals surface area contributed by atoms with Gasteiger partial charge in [-0.3, -0.25) is 14.4 Å². The number of fused-ring (bicyclic) bond motifs is 1. The minimum atomic E-state index is -0.741. The Morgan fingerprint density at radius 3 is 2.76 bits per heavy atom. The highest BCUT2D eigenvalue weighted by molar-refractivity contribution is 9.09. The maximum atomic E-state index is 14.0. The highest BCUT2D eigenvalue weighted by Crippen LogP contribution is 2.68. The van der Waals surface area contributed by atoms with E-state index in [1.54, 1.807) is 40.6 Å². The monoisotopic (exact) mass is 542 g/mol. The smallest absolute Gasteiger partial charge is 0.310 e. The molecule has 9 heteroatoms. The van der Waals surface area contributed by atoms with Crippen molar-refractivity contribution in [3.63, 3.8) is 0 Å². The minimum absolute atomic E-state index is 0.00770. The molecule has 3 unspecified atom stereocenters. The molecule has 0 saturated carbocycles. The van der Waals surface area contributed by atoms with Crippen LogP contribution in [0.5, 0.6) is 0 Å². The van der Waals surface area contributed by atoms with Gasteiger partial charge in [0.1, 0.15) is 6.04 Å². The molecule has 1 N–H and O–H groups in total. The molecule has 3 aliphatic heterocycles. The van der Waals surface area contributed by atoms with Gasteiger partial charge in [0, 0.05) is 23.2 Å². The number of aliphatic hydroxyl groups is 1. The second-order valence-electron chi connectivity index (χ2n) is 9.11. The first-order valence-corrected chi connectivity index (χ1v) is 13.5. The standard InChI is InChI=1S/C24H35BrN2O5S/c1-5-8-11-26(10-7-3)22(30)20-24-13-16(25)19(33-24)17(23(31)32-12-9-6-2)18(24)21(29)27(20)15(4)14-28/h6-7,15-20,28H,2-3,5,8-14H2,1,4H3/t15-,16?,17+,18+,19+,20?,24?/m1/s1. The van der Waals surface area contributed by atoms with Crippen LogP contribution in [0.3, 0.4) is 0 Å². The van der Waals surface area contributed by atoms with Crippen LogP contribution >= 0.6 is 27.7 Å². The lowest BCUT2D eigenvalue weighted by Crippen LogP contribution is -2.57. The second kappa shape index (κ2) is 11.0. The number of nitrogens with zero attached hydrogens (tertiary/aromatic N) is 2. The molecular formula is C24H35BrN2O5S. The van der Waals surface area contributed by atoms with Crippen LogP contribution in [0.25, 0.3) is 0 Å². The van der Waals surface area contributed by atoms with E-state index in [0.717, 1.165) is 12.8 Å². The van der Waals surface area contributed by atoms with Crippen molar-refractivity contribution in [1.29, 1.82) is 0 Å². The van der Waals surface area contributed by atoms with Crippen molar-refractivity contribution in [3.8, 4) is 0 Å². The van der Waals surface area contributed by atoms with Gasteiger partial charge in [-0.15, -0.1) is 24.9 Å². The summed E-state index contributed by atoms with van der Waals surface area (Å²) in [5.41, 5.74) is 0. The zero-order valence-corrected chi connectivity index (χ0v) is 21.9. The lowest BCUT2D eigenvalue weighted by molar-refractivity contribution is -0.154. The number of aliphatic hydroxyl groups excluding tert-OH is 1. The maximum Gasteiger partial charge on any atom is 0.310 e. The molecule has 0 radical (unpaired) electrons. The van der Waals surface area contributed by atoms with E-state index in [9.17, 15) is 19.5 Å². The van der Waals surface area contributed by atoms with Crippen molar-refractivity contribution in [3.05, 3.63) is 25.3 Å². The van der Waals surface area contributed by atoms with Crippen molar-refractivity contribution in [1.82, 2.24) is 9.80 Å². The van der Waals surface area contributed by atoms with Gasteiger partial charge >= 0.3 is 5.97 Å². The van der Waals surface area contributed by atoms with Crippen molar-refractivity contribution >= 4 is 45.5 Å². The molecule has 0 aromatic rings. The number of likely N-dealkylation sites (tertiary alicyclic amines) is 1. The molecule has 3 aliphatic rings. The van der Waals surface area contributed by atoms with Crippen LogP contribution in [0.4, 0.5) is 0 Å². The molecular weight excluding hydrogens is 508 g/mol. The first-order chi connectivity index (χ1) is 15.8. The van der Waals surface area contributed by atoms with Gasteiger partial charge in [-0.25, -0.2) is 0 Å². The summed E-state index contributed by atoms with van der Waals surface area (Å²) in [5, 5.41) is 9.81. The molecule has 1 spiro atoms. The molecule has 0 aliphatic carbocycles. The number of ether oxygens (including phenoxy) is 1. The summed E-state index contributed by atoms with van der Waals surface area (Å²) in [6.45, 7) is 12.2. The Morgan fingerprint density at radius 2 is 2.15 bits per heavy atom. The maximum absolute atomic E-state index is 14.0. The summed E-state index contributed by atoms with van der Waals surface area (Å²) in [6, 6.07) is -1.27. The third-order valence-corrected chi connectivity index (χ3v) is 10.2. The molecule has 3 rings (SSSR count). The summed E-state index contributed by atoms with van der Waals surface area (Å²) in [5.74, 6) is -2.02. The van der Waals surface area contributed by atoms with Gasteiger partial charge in [0.2, 0.25) is 11.8 Å². The fraction of sp³-hybridized carbons (Fsp3) is 0.708. The highest BCUT2D eigenvalue weighted by atomic mass is 79.9. The fourth-order valence-corrected chi connectivity index (χ4v) is 9.07. The van der Waals surface area contributed by atoms with Crippen LogP contribution in [0.2, 0.25) is 0 Å². The molecule has 3 heterocycles. The molecule has 3 fully saturated rings. The van der Waals surface area contributed by atoms with Gasteiger partial charge in [0.15, 0.2) is 0 Å². The molecule has 0 aromatic heterocycles. The normalized spacial score (nSPS) is 33.0. The largest absolute Gasteiger partial charge is 0.465 e. The molecule has 2 amide bonds. The second-order valence-corrected chi connectivity index (χ2v) is 11.8. The molecule has 3 saturated heterocycles. The Morgan fingerprint density at radius 1 is 1.42 bits per heavy atom. The van der Waals surface area contributed by atoms with Crippen LogP contribution in [-0.2, 0) is 19.1 Å². The van der Waals surface area contributed by atoms with E-state index < -0.39 is 34.6 Å². The van der Waals surface area contributed by atoms with Gasteiger partial charge in [-0.2, -0.15) is 0 Å². The number of carbonyl (C=O) groups excluding carboxylic acids is 3. The van der Waals surface area contributed by atoms with E-state index in [-0.39, 0.29) is 35.1 Å². The van der Waals surface area contributed by atoms with E-state index in [4.69, 9.17) is 4.74 Å². The molecule has 7 atom stereocenters. The number of carbonyl (C=O) groups is 3. The molecule has 7 nitrogen and oxygen atoms in total. The highest BCUT2D eigenvalue weighted by Gasteiger charge is 2.76. The van der Waals surface area contributed by atoms with E-state index in [0.29, 0.717) is 25.9 Å². The first kappa shape index (κ1) is 26.3. The number of hydrogen-bond acceptors (Lipinski definition) is 6. The van der Waals surface area contributed by atoms with Crippen LogP contribution in [0.1, 0.15) is 39.5 Å². The number of amides is 2. The van der Waals surface area contributed by atoms with Gasteiger partial charge < -0.3 is 19.6 Å². The van der Waals surface area contributed by atoms with E-state index in [1.807, 2.05) is 0 Å². The van der Waals surface area contributed by atoms with Crippen molar-refractivity contribution in [2.45, 2.75) is 66.4 Å². The molecule has 184 valence electrons. The Hall–Kier alpha value is -1.32. The Labute approximate surface area is 209 Å². The fourth-order valence-electron chi connectivity index (χ4n) is 5.49. The average molecular weight is 544 g/mol. The number of halogens is 1. The van der Waals surface area contributed by atoms with Crippen LogP contribution < -0.4 is 0 Å². The van der Waals surface area contributed by atoms with Crippen LogP contribution in [-0.4, -0.2) is 85.9 Å². The van der Waals surface area contributed by atoms with E-state index in [1.165, 1.54) is 0 Å². The van der Waals surface area contributed by atoms with Gasteiger partial charge in [-0.05, 0) is 26.2 Å². The lowest BCUT2D eigenvalue weighted by Gasteiger charge is -2.39. The van der Waals surface area contributed by atoms with Gasteiger partial charge in [-0.1, -0.05) is 41.4 Å². The Balaban J connectivity index is 2.01. The summed E-state index contributed by atoms with van der Waals surface area (Å²) in [6.07, 6.45) is 6.32. The number of unbranched alkanes of at least 4 members (excludes halogenated alkanes) is 1. The van der Waals surface area contributed by atoms with Gasteiger partial charge in [0.05, 0.1) is 35.8 Å². The summed E-state index contributed by atoms with van der Waals surface area (Å²) >= 11 is 5.31. The number of alkyl halides is 1. The quantitative estimate of drug-likeness (QED) is 0.176. The third-order valence-electron chi connectivity index (χ3n) is 6.98. The average Bonchev–Trinajstić information content (AvgIpc) is 3.39. The molecule has 2 bridgehead atoms. The minimum Gasteiger partial charge on any atom is -0.465 e. The van der Waals surface area contributed by atoms with E-state index >= 15 is 0 Å². The van der Waals surface area contributed by atoms with Crippen molar-refractivity contribution < 1.29 is 24.2 Å². The summed E-state index contributed by atoms with van der Waals surface area (Å²) in [4.78, 5) is 44.2. The Kier molecular flexibility index (Phi) is 8.72. The number of thioether (sulfide) groups is 1. The number of hydrogen-bond donors (Lipinski definition) is 1. The zero-order chi connectivity index (χ0) is 24.3. The predicted molar refractivity (Wildman–Crippen MR) is 133 cm³/mol. The third kappa shape index (κ3) is 4.52. The van der Waals surface area contributed by atoms with Crippen molar-refractivity contribution in [2.75, 3.05) is 26.3 Å². The van der Waals surface area contributed by atoms with Crippen LogP contribution in [0.15, 0.2) is 25.3 Å². The molecule has 0 aromatic carbocycles. The van der Waals surface area contributed by atoms with Gasteiger partial charge in [0.25, 0.3) is 0 Å². The molecule has 33 heavy (non-hydrogen) atoms. The topological polar surface area (TPSA) is 87.1 Å². The summed E-state index contributed by atoms with van der Waals surface area (Å²) in [7, 11) is 0. The predicted octanol–water partition coefficient (Wildman–Crippen LogP) is 2.77. The number of rotatable bonds is 12. The van der Waals surface area contributed by atoms with E-state index in [2.05, 4.69) is 36.0 Å².